The Morgan fingerprint density at radius 2 is 2.04 bits per heavy atom. The maximum absolute atomic E-state index is 12.8. The van der Waals surface area contributed by atoms with Crippen LogP contribution in [0.5, 0.6) is 11.5 Å². The third kappa shape index (κ3) is 3.32. The molecule has 3 heterocycles. The summed E-state index contributed by atoms with van der Waals surface area (Å²) in [5, 5.41) is 8.42. The fraction of sp³-hybridized carbons (Fsp3) is 0.350. The SMILES string of the molecule is CN1CCCOc2ccc3[nH]nc(c3c2)-c2cncc(c2)OC(C)(C)C1=O. The number of benzene rings is 1. The zero-order valence-corrected chi connectivity index (χ0v) is 15.7. The van der Waals surface area contributed by atoms with E-state index in [0.29, 0.717) is 18.9 Å². The lowest BCUT2D eigenvalue weighted by Crippen LogP contribution is -2.47. The van der Waals surface area contributed by atoms with Crippen molar-refractivity contribution >= 4 is 16.8 Å². The summed E-state index contributed by atoms with van der Waals surface area (Å²) in [4.78, 5) is 18.7. The van der Waals surface area contributed by atoms with Gasteiger partial charge in [-0.25, -0.2) is 0 Å². The number of hydrogen-bond acceptors (Lipinski definition) is 5. The highest BCUT2D eigenvalue weighted by Crippen LogP contribution is 2.31. The second-order valence-electron chi connectivity index (χ2n) is 7.23. The predicted octanol–water partition coefficient (Wildman–Crippen LogP) is 3.02. The van der Waals surface area contributed by atoms with Crippen LogP contribution in [0.1, 0.15) is 20.3 Å². The highest BCUT2D eigenvalue weighted by atomic mass is 16.5. The molecule has 27 heavy (non-hydrogen) atoms. The van der Waals surface area contributed by atoms with E-state index < -0.39 is 5.60 Å². The van der Waals surface area contributed by atoms with E-state index in [-0.39, 0.29) is 5.91 Å². The van der Waals surface area contributed by atoms with Gasteiger partial charge in [-0.3, -0.25) is 14.9 Å². The molecule has 3 aromatic rings. The molecule has 1 aliphatic heterocycles. The molecule has 1 aliphatic rings. The van der Waals surface area contributed by atoms with Crippen LogP contribution in [0.4, 0.5) is 0 Å². The van der Waals surface area contributed by atoms with Gasteiger partial charge in [-0.1, -0.05) is 0 Å². The summed E-state index contributed by atoms with van der Waals surface area (Å²) < 4.78 is 11.9. The summed E-state index contributed by atoms with van der Waals surface area (Å²) in [5.41, 5.74) is 1.49. The molecule has 1 aromatic carbocycles. The first-order valence-corrected chi connectivity index (χ1v) is 8.95. The highest BCUT2D eigenvalue weighted by Gasteiger charge is 2.33. The summed E-state index contributed by atoms with van der Waals surface area (Å²) in [6.07, 6.45) is 4.07. The summed E-state index contributed by atoms with van der Waals surface area (Å²) in [6.45, 7) is 4.64. The van der Waals surface area contributed by atoms with E-state index in [4.69, 9.17) is 9.47 Å². The first-order valence-electron chi connectivity index (χ1n) is 8.95. The van der Waals surface area contributed by atoms with Crippen LogP contribution in [0.25, 0.3) is 22.2 Å². The van der Waals surface area contributed by atoms with Crippen LogP contribution in [0.15, 0.2) is 36.7 Å². The molecule has 0 saturated heterocycles. The molecule has 140 valence electrons. The molecule has 0 atom stereocenters. The van der Waals surface area contributed by atoms with Crippen molar-refractivity contribution in [2.45, 2.75) is 25.9 Å². The lowest BCUT2D eigenvalue weighted by Gasteiger charge is -2.30. The number of likely N-dealkylation sites (N-methyl/N-ethyl adjacent to an activating group) is 1. The van der Waals surface area contributed by atoms with Crippen molar-refractivity contribution in [3.8, 4) is 22.8 Å². The van der Waals surface area contributed by atoms with Crippen LogP contribution in [0, 0.1) is 0 Å². The molecule has 1 N–H and O–H groups in total. The maximum atomic E-state index is 12.8. The number of carbonyl (C=O) groups is 1. The number of fused-ring (bicyclic) bond motifs is 4. The number of nitrogens with one attached hydrogen (secondary N) is 1. The molecule has 0 unspecified atom stereocenters. The van der Waals surface area contributed by atoms with Crippen molar-refractivity contribution in [3.05, 3.63) is 36.7 Å². The molecule has 0 saturated carbocycles. The highest BCUT2D eigenvalue weighted by molar-refractivity contribution is 5.93. The Bertz CT molecular complexity index is 996. The molecule has 2 aromatic heterocycles. The summed E-state index contributed by atoms with van der Waals surface area (Å²) in [7, 11) is 1.78. The number of ether oxygens (including phenoxy) is 2. The van der Waals surface area contributed by atoms with Crippen molar-refractivity contribution in [2.75, 3.05) is 20.2 Å². The number of rotatable bonds is 0. The van der Waals surface area contributed by atoms with Gasteiger partial charge in [-0.2, -0.15) is 5.10 Å². The van der Waals surface area contributed by atoms with E-state index in [2.05, 4.69) is 15.2 Å². The number of hydrogen-bond donors (Lipinski definition) is 1. The van der Waals surface area contributed by atoms with Gasteiger partial charge in [-0.05, 0) is 44.5 Å². The molecular formula is C20H22N4O3. The third-order valence-electron chi connectivity index (χ3n) is 4.66. The normalized spacial score (nSPS) is 17.1. The second-order valence-corrected chi connectivity index (χ2v) is 7.23. The van der Waals surface area contributed by atoms with E-state index in [0.717, 1.165) is 34.3 Å². The third-order valence-corrected chi connectivity index (χ3v) is 4.66. The topological polar surface area (TPSA) is 80.3 Å². The Kier molecular flexibility index (Phi) is 4.22. The number of nitrogens with zero attached hydrogens (tertiary/aromatic N) is 3. The Labute approximate surface area is 157 Å². The molecule has 0 aliphatic carbocycles. The quantitative estimate of drug-likeness (QED) is 0.661. The number of carbonyl (C=O) groups excluding carboxylic acids is 1. The minimum atomic E-state index is -1.01. The molecule has 4 bridgehead atoms. The molecule has 4 rings (SSSR count). The maximum Gasteiger partial charge on any atom is 0.265 e. The molecule has 0 fully saturated rings. The van der Waals surface area contributed by atoms with Crippen LogP contribution in [0.3, 0.4) is 0 Å². The van der Waals surface area contributed by atoms with Gasteiger partial charge in [0, 0.05) is 30.7 Å². The summed E-state index contributed by atoms with van der Waals surface area (Å²) in [6, 6.07) is 7.69. The van der Waals surface area contributed by atoms with E-state index in [1.807, 2.05) is 24.3 Å². The number of aromatic nitrogens is 3. The van der Waals surface area contributed by atoms with Crippen LogP contribution in [-0.4, -0.2) is 51.8 Å². The molecular weight excluding hydrogens is 344 g/mol. The van der Waals surface area contributed by atoms with Crippen molar-refractivity contribution < 1.29 is 14.3 Å². The van der Waals surface area contributed by atoms with E-state index in [1.165, 1.54) is 0 Å². The van der Waals surface area contributed by atoms with Crippen LogP contribution < -0.4 is 9.47 Å². The lowest BCUT2D eigenvalue weighted by atomic mass is 10.1. The standard InChI is InChI=1S/C20H22N4O3/c1-20(2)19(25)24(3)7-4-8-26-14-5-6-17-16(10-14)18(23-22-17)13-9-15(27-20)12-21-11-13/h5-6,9-12H,4,7-8H2,1-3H3,(H,22,23). The van der Waals surface area contributed by atoms with Gasteiger partial charge >= 0.3 is 0 Å². The van der Waals surface area contributed by atoms with Crippen molar-refractivity contribution in [1.82, 2.24) is 20.1 Å². The Morgan fingerprint density at radius 1 is 1.19 bits per heavy atom. The average molecular weight is 366 g/mol. The monoisotopic (exact) mass is 366 g/mol. The van der Waals surface area contributed by atoms with Crippen LogP contribution in [0.2, 0.25) is 0 Å². The van der Waals surface area contributed by atoms with Gasteiger partial charge < -0.3 is 14.4 Å². The largest absolute Gasteiger partial charge is 0.494 e. The second kappa shape index (κ2) is 6.57. The summed E-state index contributed by atoms with van der Waals surface area (Å²) >= 11 is 0. The molecule has 0 radical (unpaired) electrons. The smallest absolute Gasteiger partial charge is 0.265 e. The Hall–Kier alpha value is -3.09. The van der Waals surface area contributed by atoms with Crippen molar-refractivity contribution in [3.63, 3.8) is 0 Å². The van der Waals surface area contributed by atoms with E-state index in [9.17, 15) is 4.79 Å². The van der Waals surface area contributed by atoms with Gasteiger partial charge in [0.15, 0.2) is 5.60 Å². The fourth-order valence-electron chi connectivity index (χ4n) is 3.30. The minimum Gasteiger partial charge on any atom is -0.494 e. The first-order chi connectivity index (χ1) is 12.9. The van der Waals surface area contributed by atoms with E-state index >= 15 is 0 Å². The van der Waals surface area contributed by atoms with Gasteiger partial charge in [0.05, 0.1) is 18.3 Å². The molecule has 1 amide bonds. The van der Waals surface area contributed by atoms with E-state index in [1.54, 1.807) is 38.2 Å². The summed E-state index contributed by atoms with van der Waals surface area (Å²) in [5.74, 6) is 1.21. The number of pyridine rings is 1. The molecule has 7 nitrogen and oxygen atoms in total. The molecule has 7 heteroatoms. The molecule has 0 spiro atoms. The zero-order chi connectivity index (χ0) is 19.0. The number of aromatic amines is 1. The lowest BCUT2D eigenvalue weighted by molar-refractivity contribution is -0.144. The predicted molar refractivity (Wildman–Crippen MR) is 102 cm³/mol. The van der Waals surface area contributed by atoms with Gasteiger partial charge in [0.25, 0.3) is 5.91 Å². The van der Waals surface area contributed by atoms with Crippen LogP contribution in [-0.2, 0) is 4.79 Å². The van der Waals surface area contributed by atoms with Crippen LogP contribution >= 0.6 is 0 Å². The first kappa shape index (κ1) is 17.3. The van der Waals surface area contributed by atoms with Gasteiger partial charge in [0.2, 0.25) is 0 Å². The average Bonchev–Trinajstić information content (AvgIpc) is 3.07. The number of H-pyrrole nitrogens is 1. The van der Waals surface area contributed by atoms with Crippen molar-refractivity contribution in [2.24, 2.45) is 0 Å². The Balaban J connectivity index is 1.81. The van der Waals surface area contributed by atoms with Gasteiger partial charge in [0.1, 0.15) is 17.2 Å². The fourth-order valence-corrected chi connectivity index (χ4v) is 3.30. The number of amides is 1. The van der Waals surface area contributed by atoms with Gasteiger partial charge in [-0.15, -0.1) is 0 Å². The zero-order valence-electron chi connectivity index (χ0n) is 15.7. The van der Waals surface area contributed by atoms with Crippen molar-refractivity contribution in [1.29, 1.82) is 0 Å². The Morgan fingerprint density at radius 3 is 2.89 bits per heavy atom. The minimum absolute atomic E-state index is 0.0921.